The number of carbonyl (C=O) groups is 1. The van der Waals surface area contributed by atoms with Gasteiger partial charge in [0.15, 0.2) is 5.82 Å². The van der Waals surface area contributed by atoms with Gasteiger partial charge < -0.3 is 9.84 Å². The van der Waals surface area contributed by atoms with Gasteiger partial charge in [-0.1, -0.05) is 0 Å². The fourth-order valence-electron chi connectivity index (χ4n) is 3.07. The Bertz CT molecular complexity index is 480. The Morgan fingerprint density at radius 3 is 2.90 bits per heavy atom. The van der Waals surface area contributed by atoms with E-state index in [1.807, 2.05) is 0 Å². The Morgan fingerprint density at radius 2 is 2.24 bits per heavy atom. The molecule has 1 saturated heterocycles. The van der Waals surface area contributed by atoms with Crippen LogP contribution in [0.15, 0.2) is 0 Å². The Morgan fingerprint density at radius 1 is 1.38 bits per heavy atom. The number of carboxylic acids is 1. The lowest BCUT2D eigenvalue weighted by molar-refractivity contribution is -0.138. The third-order valence-corrected chi connectivity index (χ3v) is 4.39. The number of aliphatic carboxylic acids is 1. The molecule has 1 aromatic rings. The highest BCUT2D eigenvalue weighted by Crippen LogP contribution is 2.41. The molecule has 0 bridgehead atoms. The van der Waals surface area contributed by atoms with Gasteiger partial charge in [0.2, 0.25) is 0 Å². The van der Waals surface area contributed by atoms with Crippen LogP contribution in [-0.4, -0.2) is 44.0 Å². The van der Waals surface area contributed by atoms with E-state index in [-0.39, 0.29) is 12.5 Å². The summed E-state index contributed by atoms with van der Waals surface area (Å²) in [4.78, 5) is 11.1. The number of rotatable bonds is 7. The Hall–Kier alpha value is -1.50. The van der Waals surface area contributed by atoms with Crippen LogP contribution in [0.4, 0.5) is 0 Å². The highest BCUT2D eigenvalue weighted by Gasteiger charge is 2.36. The van der Waals surface area contributed by atoms with Crippen molar-refractivity contribution in [1.82, 2.24) is 20.2 Å². The number of nitrogens with zero attached hydrogens (tertiary/aromatic N) is 4. The topological polar surface area (TPSA) is 90.1 Å². The summed E-state index contributed by atoms with van der Waals surface area (Å²) in [5.74, 6) is 0.417. The van der Waals surface area contributed by atoms with Crippen LogP contribution in [0.2, 0.25) is 0 Å². The highest BCUT2D eigenvalue weighted by molar-refractivity contribution is 5.67. The number of hydrogen-bond donors (Lipinski definition) is 1. The molecule has 7 heteroatoms. The van der Waals surface area contributed by atoms with Crippen LogP contribution in [0.25, 0.3) is 0 Å². The normalized spacial score (nSPS) is 23.9. The fraction of sp³-hybridized carbons (Fsp3) is 0.857. The van der Waals surface area contributed by atoms with Crippen molar-refractivity contribution >= 4 is 5.97 Å². The molecule has 0 spiro atoms. The van der Waals surface area contributed by atoms with E-state index >= 15 is 0 Å². The first-order valence-corrected chi connectivity index (χ1v) is 7.84. The molecule has 1 aromatic heterocycles. The summed E-state index contributed by atoms with van der Waals surface area (Å²) in [5.41, 5.74) is 0. The van der Waals surface area contributed by atoms with Gasteiger partial charge in [-0.2, -0.15) is 0 Å². The van der Waals surface area contributed by atoms with E-state index in [4.69, 9.17) is 9.84 Å². The average molecular weight is 294 g/mol. The van der Waals surface area contributed by atoms with Gasteiger partial charge in [0, 0.05) is 13.0 Å². The number of carboxylic acid groups (broad SMARTS) is 1. The number of tetrazole rings is 1. The molecule has 2 heterocycles. The average Bonchev–Trinajstić information content (AvgIpc) is 3.22. The van der Waals surface area contributed by atoms with E-state index in [0.29, 0.717) is 12.0 Å². The van der Waals surface area contributed by atoms with E-state index in [1.54, 1.807) is 4.68 Å². The van der Waals surface area contributed by atoms with Crippen LogP contribution >= 0.6 is 0 Å². The number of aromatic nitrogens is 4. The maximum absolute atomic E-state index is 11.1. The molecule has 2 unspecified atom stereocenters. The molecule has 0 amide bonds. The van der Waals surface area contributed by atoms with Crippen molar-refractivity contribution in [1.29, 1.82) is 0 Å². The number of aryl methyl sites for hydroxylation is 1. The molecule has 21 heavy (non-hydrogen) atoms. The third-order valence-electron chi connectivity index (χ3n) is 4.39. The summed E-state index contributed by atoms with van der Waals surface area (Å²) < 4.78 is 7.47. The highest BCUT2D eigenvalue weighted by atomic mass is 16.5. The molecule has 2 aliphatic rings. The summed E-state index contributed by atoms with van der Waals surface area (Å²) in [7, 11) is 0. The molecule has 3 rings (SSSR count). The number of ether oxygens (including phenoxy) is 1. The largest absolute Gasteiger partial charge is 0.481 e. The standard InChI is InChI=1S/C14H22N4O3/c19-14(20)9-12(10-4-5-10)18-13(15-16-17-18)7-6-11-3-1-2-8-21-11/h10-12H,1-9H2,(H,19,20). The van der Waals surface area contributed by atoms with Crippen LogP contribution in [-0.2, 0) is 16.0 Å². The van der Waals surface area contributed by atoms with Gasteiger partial charge in [0.25, 0.3) is 0 Å². The second-order valence-electron chi connectivity index (χ2n) is 6.07. The molecular formula is C14H22N4O3. The zero-order valence-electron chi connectivity index (χ0n) is 12.1. The van der Waals surface area contributed by atoms with E-state index in [9.17, 15) is 4.79 Å². The SMILES string of the molecule is O=C(O)CC(C1CC1)n1nnnc1CCC1CCCCO1. The molecule has 7 nitrogen and oxygen atoms in total. The van der Waals surface area contributed by atoms with E-state index < -0.39 is 5.97 Å². The molecular weight excluding hydrogens is 272 g/mol. The minimum absolute atomic E-state index is 0.0974. The van der Waals surface area contributed by atoms with Gasteiger partial charge in [-0.15, -0.1) is 5.10 Å². The van der Waals surface area contributed by atoms with E-state index in [0.717, 1.165) is 51.0 Å². The Kier molecular flexibility index (Phi) is 4.48. The summed E-state index contributed by atoms with van der Waals surface area (Å²) >= 11 is 0. The second-order valence-corrected chi connectivity index (χ2v) is 6.07. The molecule has 1 saturated carbocycles. The summed E-state index contributed by atoms with van der Waals surface area (Å²) in [6.07, 6.45) is 7.67. The first-order chi connectivity index (χ1) is 10.2. The zero-order valence-corrected chi connectivity index (χ0v) is 12.1. The fourth-order valence-corrected chi connectivity index (χ4v) is 3.07. The van der Waals surface area contributed by atoms with Gasteiger partial charge in [0.1, 0.15) is 0 Å². The maximum atomic E-state index is 11.1. The van der Waals surface area contributed by atoms with Crippen LogP contribution in [0, 0.1) is 5.92 Å². The summed E-state index contributed by atoms with van der Waals surface area (Å²) in [5, 5.41) is 21.0. The van der Waals surface area contributed by atoms with Crippen molar-refractivity contribution < 1.29 is 14.6 Å². The molecule has 1 aliphatic heterocycles. The van der Waals surface area contributed by atoms with Crippen molar-refractivity contribution in [3.63, 3.8) is 0 Å². The minimum Gasteiger partial charge on any atom is -0.481 e. The predicted octanol–water partition coefficient (Wildman–Crippen LogP) is 1.60. The van der Waals surface area contributed by atoms with Gasteiger partial charge in [0.05, 0.1) is 18.6 Å². The van der Waals surface area contributed by atoms with Crippen molar-refractivity contribution in [3.8, 4) is 0 Å². The van der Waals surface area contributed by atoms with Gasteiger partial charge in [-0.05, 0) is 54.9 Å². The van der Waals surface area contributed by atoms with Gasteiger partial charge in [-0.25, -0.2) is 4.68 Å². The molecule has 1 N–H and O–H groups in total. The third kappa shape index (κ3) is 3.78. The Balaban J connectivity index is 1.63. The minimum atomic E-state index is -0.788. The lowest BCUT2D eigenvalue weighted by atomic mass is 10.0. The molecule has 0 aromatic carbocycles. The van der Waals surface area contributed by atoms with Crippen molar-refractivity contribution in [3.05, 3.63) is 5.82 Å². The van der Waals surface area contributed by atoms with Crippen molar-refractivity contribution in [2.75, 3.05) is 6.61 Å². The lowest BCUT2D eigenvalue weighted by Crippen LogP contribution is -2.22. The van der Waals surface area contributed by atoms with E-state index in [2.05, 4.69) is 15.5 Å². The van der Waals surface area contributed by atoms with Crippen LogP contribution in [0.5, 0.6) is 0 Å². The van der Waals surface area contributed by atoms with Crippen LogP contribution < -0.4 is 0 Å². The number of hydrogen-bond acceptors (Lipinski definition) is 5. The molecule has 0 radical (unpaired) electrons. The second kappa shape index (κ2) is 6.51. The predicted molar refractivity (Wildman–Crippen MR) is 73.7 cm³/mol. The monoisotopic (exact) mass is 294 g/mol. The summed E-state index contributed by atoms with van der Waals surface area (Å²) in [6, 6.07) is -0.0974. The maximum Gasteiger partial charge on any atom is 0.305 e. The van der Waals surface area contributed by atoms with Gasteiger partial charge in [-0.3, -0.25) is 4.79 Å². The van der Waals surface area contributed by atoms with Crippen LogP contribution in [0.1, 0.15) is 56.8 Å². The Labute approximate surface area is 123 Å². The smallest absolute Gasteiger partial charge is 0.305 e. The molecule has 1 aliphatic carbocycles. The quantitative estimate of drug-likeness (QED) is 0.821. The van der Waals surface area contributed by atoms with Crippen LogP contribution in [0.3, 0.4) is 0 Å². The molecule has 116 valence electrons. The zero-order chi connectivity index (χ0) is 14.7. The first kappa shape index (κ1) is 14.4. The van der Waals surface area contributed by atoms with Gasteiger partial charge >= 0.3 is 5.97 Å². The van der Waals surface area contributed by atoms with Crippen molar-refractivity contribution in [2.45, 2.75) is 63.5 Å². The molecule has 2 atom stereocenters. The molecule has 2 fully saturated rings. The first-order valence-electron chi connectivity index (χ1n) is 7.84. The summed E-state index contributed by atoms with van der Waals surface area (Å²) in [6.45, 7) is 0.847. The lowest BCUT2D eigenvalue weighted by Gasteiger charge is -2.22. The van der Waals surface area contributed by atoms with Crippen molar-refractivity contribution in [2.24, 2.45) is 5.92 Å². The van der Waals surface area contributed by atoms with E-state index in [1.165, 1.54) is 6.42 Å².